The van der Waals surface area contributed by atoms with E-state index in [2.05, 4.69) is 24.2 Å². The van der Waals surface area contributed by atoms with Crippen LogP contribution < -0.4 is 5.32 Å². The summed E-state index contributed by atoms with van der Waals surface area (Å²) < 4.78 is 0. The molecule has 2 unspecified atom stereocenters. The highest BCUT2D eigenvalue weighted by atomic mass is 16.3. The maximum absolute atomic E-state index is 9.02. The van der Waals surface area contributed by atoms with E-state index in [9.17, 15) is 0 Å². The van der Waals surface area contributed by atoms with Crippen LogP contribution in [0.4, 0.5) is 0 Å². The lowest BCUT2D eigenvalue weighted by molar-refractivity contribution is 0.177. The Bertz CT molecular complexity index is 181. The summed E-state index contributed by atoms with van der Waals surface area (Å²) in [6.07, 6.45) is 7.47. The van der Waals surface area contributed by atoms with Gasteiger partial charge in [0.1, 0.15) is 0 Å². The fraction of sp³-hybridized carbons (Fsp3) is 1.00. The van der Waals surface area contributed by atoms with Gasteiger partial charge in [-0.15, -0.1) is 0 Å². The molecule has 0 spiro atoms. The Balaban J connectivity index is 2.15. The monoisotopic (exact) mass is 242 g/mol. The molecule has 1 aliphatic heterocycles. The van der Waals surface area contributed by atoms with Gasteiger partial charge in [0.15, 0.2) is 0 Å². The minimum Gasteiger partial charge on any atom is -0.396 e. The minimum absolute atomic E-state index is 0.329. The van der Waals surface area contributed by atoms with E-state index in [1.807, 2.05) is 0 Å². The zero-order valence-electron chi connectivity index (χ0n) is 11.6. The lowest BCUT2D eigenvalue weighted by Crippen LogP contribution is -2.44. The van der Waals surface area contributed by atoms with Crippen LogP contribution in [0.5, 0.6) is 0 Å². The molecule has 0 aromatic heterocycles. The standard InChI is InChI=1S/C14H30N2O/c1-3-6-13(8-10-17)11-15-12-14-7-4-5-9-16(14)2/h13-15,17H,3-12H2,1-2H3. The summed E-state index contributed by atoms with van der Waals surface area (Å²) in [7, 11) is 2.24. The van der Waals surface area contributed by atoms with Crippen molar-refractivity contribution in [3.8, 4) is 0 Å². The summed E-state index contributed by atoms with van der Waals surface area (Å²) in [5, 5.41) is 12.6. The van der Waals surface area contributed by atoms with Crippen molar-refractivity contribution in [3.63, 3.8) is 0 Å². The van der Waals surface area contributed by atoms with E-state index in [0.717, 1.165) is 25.6 Å². The fourth-order valence-electron chi connectivity index (χ4n) is 2.80. The van der Waals surface area contributed by atoms with Gasteiger partial charge in [-0.3, -0.25) is 0 Å². The van der Waals surface area contributed by atoms with Crippen molar-refractivity contribution in [3.05, 3.63) is 0 Å². The molecule has 0 aromatic carbocycles. The lowest BCUT2D eigenvalue weighted by atomic mass is 9.99. The molecule has 0 aromatic rings. The molecule has 3 nitrogen and oxygen atoms in total. The van der Waals surface area contributed by atoms with Crippen LogP contribution in [0.15, 0.2) is 0 Å². The van der Waals surface area contributed by atoms with Gasteiger partial charge in [0.2, 0.25) is 0 Å². The predicted octanol–water partition coefficient (Wildman–Crippen LogP) is 1.86. The van der Waals surface area contributed by atoms with E-state index in [1.54, 1.807) is 0 Å². The van der Waals surface area contributed by atoms with Gasteiger partial charge in [-0.2, -0.15) is 0 Å². The number of likely N-dealkylation sites (N-methyl/N-ethyl adjacent to an activating group) is 1. The number of nitrogens with one attached hydrogen (secondary N) is 1. The van der Waals surface area contributed by atoms with Crippen molar-refractivity contribution in [1.82, 2.24) is 10.2 Å². The number of aliphatic hydroxyl groups excluding tert-OH is 1. The zero-order valence-corrected chi connectivity index (χ0v) is 11.6. The van der Waals surface area contributed by atoms with Crippen LogP contribution in [0.25, 0.3) is 0 Å². The van der Waals surface area contributed by atoms with Crippen molar-refractivity contribution in [2.75, 3.05) is 33.3 Å². The smallest absolute Gasteiger partial charge is 0.0434 e. The molecule has 102 valence electrons. The second-order valence-electron chi connectivity index (χ2n) is 5.46. The fourth-order valence-corrected chi connectivity index (χ4v) is 2.80. The van der Waals surface area contributed by atoms with Crippen LogP contribution in [0.3, 0.4) is 0 Å². The van der Waals surface area contributed by atoms with Crippen LogP contribution in [0.1, 0.15) is 45.4 Å². The normalized spacial score (nSPS) is 23.8. The quantitative estimate of drug-likeness (QED) is 0.682. The molecule has 2 N–H and O–H groups in total. The van der Waals surface area contributed by atoms with Crippen molar-refractivity contribution >= 4 is 0 Å². The van der Waals surface area contributed by atoms with E-state index >= 15 is 0 Å². The van der Waals surface area contributed by atoms with Gasteiger partial charge in [0.25, 0.3) is 0 Å². The first-order valence-corrected chi connectivity index (χ1v) is 7.29. The average molecular weight is 242 g/mol. The molecule has 0 saturated carbocycles. The van der Waals surface area contributed by atoms with E-state index in [0.29, 0.717) is 12.5 Å². The van der Waals surface area contributed by atoms with Gasteiger partial charge in [-0.1, -0.05) is 19.8 Å². The van der Waals surface area contributed by atoms with Crippen LogP contribution in [-0.2, 0) is 0 Å². The summed E-state index contributed by atoms with van der Waals surface area (Å²) in [5.74, 6) is 0.652. The van der Waals surface area contributed by atoms with E-state index in [4.69, 9.17) is 5.11 Å². The Morgan fingerprint density at radius 2 is 2.18 bits per heavy atom. The molecular formula is C14H30N2O. The number of hydrogen-bond donors (Lipinski definition) is 2. The molecule has 1 heterocycles. The number of aliphatic hydroxyl groups is 1. The van der Waals surface area contributed by atoms with Crippen LogP contribution in [-0.4, -0.2) is 49.3 Å². The van der Waals surface area contributed by atoms with Crippen molar-refractivity contribution in [1.29, 1.82) is 0 Å². The molecule has 1 rings (SSSR count). The van der Waals surface area contributed by atoms with Crippen molar-refractivity contribution < 1.29 is 5.11 Å². The maximum atomic E-state index is 9.02. The molecule has 2 atom stereocenters. The molecule has 0 bridgehead atoms. The molecule has 1 aliphatic rings. The highest BCUT2D eigenvalue weighted by Crippen LogP contribution is 2.14. The first kappa shape index (κ1) is 14.9. The Morgan fingerprint density at radius 1 is 1.35 bits per heavy atom. The topological polar surface area (TPSA) is 35.5 Å². The molecule has 0 aliphatic carbocycles. The van der Waals surface area contributed by atoms with Crippen LogP contribution >= 0.6 is 0 Å². The third kappa shape index (κ3) is 5.84. The first-order chi connectivity index (χ1) is 8.27. The number of likely N-dealkylation sites (tertiary alicyclic amines) is 1. The van der Waals surface area contributed by atoms with E-state index in [-0.39, 0.29) is 0 Å². The van der Waals surface area contributed by atoms with E-state index < -0.39 is 0 Å². The largest absolute Gasteiger partial charge is 0.396 e. The molecular weight excluding hydrogens is 212 g/mol. The lowest BCUT2D eigenvalue weighted by Gasteiger charge is -2.33. The highest BCUT2D eigenvalue weighted by Gasteiger charge is 2.18. The molecule has 3 heteroatoms. The summed E-state index contributed by atoms with van der Waals surface area (Å²) in [5.41, 5.74) is 0. The zero-order chi connectivity index (χ0) is 12.5. The molecule has 0 amide bonds. The molecule has 17 heavy (non-hydrogen) atoms. The number of nitrogens with zero attached hydrogens (tertiary/aromatic N) is 1. The Labute approximate surface area is 107 Å². The number of piperidine rings is 1. The van der Waals surface area contributed by atoms with Gasteiger partial charge in [-0.25, -0.2) is 0 Å². The van der Waals surface area contributed by atoms with Crippen LogP contribution in [0, 0.1) is 5.92 Å². The first-order valence-electron chi connectivity index (χ1n) is 7.29. The predicted molar refractivity (Wildman–Crippen MR) is 73.2 cm³/mol. The highest BCUT2D eigenvalue weighted by molar-refractivity contribution is 4.76. The molecule has 1 saturated heterocycles. The van der Waals surface area contributed by atoms with Gasteiger partial charge < -0.3 is 15.3 Å². The number of hydrogen-bond acceptors (Lipinski definition) is 3. The summed E-state index contributed by atoms with van der Waals surface area (Å²) in [6.45, 7) is 5.98. The molecule has 0 radical (unpaired) electrons. The van der Waals surface area contributed by atoms with E-state index in [1.165, 1.54) is 38.6 Å². The van der Waals surface area contributed by atoms with Crippen LogP contribution in [0.2, 0.25) is 0 Å². The third-order valence-electron chi connectivity index (χ3n) is 3.97. The second-order valence-corrected chi connectivity index (χ2v) is 5.46. The average Bonchev–Trinajstić information content (AvgIpc) is 2.32. The number of rotatable bonds is 8. The van der Waals surface area contributed by atoms with Gasteiger partial charge in [-0.05, 0) is 51.7 Å². The SMILES string of the molecule is CCCC(CCO)CNCC1CCCCN1C. The Hall–Kier alpha value is -0.120. The summed E-state index contributed by atoms with van der Waals surface area (Å²) in [6, 6.07) is 0.722. The van der Waals surface area contributed by atoms with Crippen molar-refractivity contribution in [2.45, 2.75) is 51.5 Å². The third-order valence-corrected chi connectivity index (χ3v) is 3.97. The minimum atomic E-state index is 0.329. The van der Waals surface area contributed by atoms with Gasteiger partial charge in [0, 0.05) is 19.2 Å². The van der Waals surface area contributed by atoms with Gasteiger partial charge in [0.05, 0.1) is 0 Å². The summed E-state index contributed by atoms with van der Waals surface area (Å²) >= 11 is 0. The maximum Gasteiger partial charge on any atom is 0.0434 e. The molecule has 1 fully saturated rings. The Kier molecular flexibility index (Phi) is 7.82. The Morgan fingerprint density at radius 3 is 2.82 bits per heavy atom. The van der Waals surface area contributed by atoms with Crippen molar-refractivity contribution in [2.24, 2.45) is 5.92 Å². The summed E-state index contributed by atoms with van der Waals surface area (Å²) in [4.78, 5) is 2.48. The second kappa shape index (κ2) is 8.90. The van der Waals surface area contributed by atoms with Gasteiger partial charge >= 0.3 is 0 Å².